The van der Waals surface area contributed by atoms with Gasteiger partial charge in [-0.15, -0.1) is 0 Å². The second-order valence-electron chi connectivity index (χ2n) is 8.31. The molecule has 0 saturated heterocycles. The molecule has 2 N–H and O–H groups in total. The minimum absolute atomic E-state index is 0.00251. The molecule has 0 saturated carbocycles. The number of aryl methyl sites for hydroxylation is 2. The van der Waals surface area contributed by atoms with Gasteiger partial charge in [0.2, 0.25) is 0 Å². The van der Waals surface area contributed by atoms with E-state index in [-0.39, 0.29) is 32.7 Å². The Balaban J connectivity index is 1.47. The molecule has 196 valence electrons. The SMILES string of the molecule is Cc1cccc(S(=O)(=O)Oc2cccc(NC(=O)Nc3ccccc3OS(=O)(=O)c3cccc(C)c3)c2)c1. The Kier molecular flexibility index (Phi) is 7.70. The maximum atomic E-state index is 12.7. The summed E-state index contributed by atoms with van der Waals surface area (Å²) in [7, 11) is -8.23. The molecule has 0 aliphatic carbocycles. The van der Waals surface area contributed by atoms with Crippen LogP contribution in [0.3, 0.4) is 0 Å². The lowest BCUT2D eigenvalue weighted by Gasteiger charge is -2.14. The summed E-state index contributed by atoms with van der Waals surface area (Å²) in [6.07, 6.45) is 0. The summed E-state index contributed by atoms with van der Waals surface area (Å²) in [6.45, 7) is 3.53. The summed E-state index contributed by atoms with van der Waals surface area (Å²) in [5.74, 6) is -0.0808. The third-order valence-corrected chi connectivity index (χ3v) is 7.66. The van der Waals surface area contributed by atoms with Crippen LogP contribution in [0.25, 0.3) is 0 Å². The fourth-order valence-corrected chi connectivity index (χ4v) is 5.52. The van der Waals surface area contributed by atoms with Gasteiger partial charge in [0.05, 0.1) is 5.69 Å². The first-order valence-corrected chi connectivity index (χ1v) is 14.1. The van der Waals surface area contributed by atoms with E-state index in [2.05, 4.69) is 10.6 Å². The Morgan fingerprint density at radius 3 is 1.84 bits per heavy atom. The number of urea groups is 1. The lowest BCUT2D eigenvalue weighted by molar-refractivity contribution is 0.262. The first-order chi connectivity index (χ1) is 18.0. The molecule has 0 spiro atoms. The van der Waals surface area contributed by atoms with E-state index in [4.69, 9.17) is 8.37 Å². The van der Waals surface area contributed by atoms with Crippen LogP contribution in [0.5, 0.6) is 11.5 Å². The van der Waals surface area contributed by atoms with Crippen LogP contribution in [-0.4, -0.2) is 22.9 Å². The van der Waals surface area contributed by atoms with Crippen molar-refractivity contribution in [2.75, 3.05) is 10.6 Å². The van der Waals surface area contributed by atoms with Crippen LogP contribution >= 0.6 is 0 Å². The van der Waals surface area contributed by atoms with Gasteiger partial charge in [0.1, 0.15) is 15.5 Å². The summed E-state index contributed by atoms with van der Waals surface area (Å²) < 4.78 is 61.2. The molecule has 9 nitrogen and oxygen atoms in total. The van der Waals surface area contributed by atoms with Crippen LogP contribution in [-0.2, 0) is 20.2 Å². The molecular weight excluding hydrogens is 528 g/mol. The Morgan fingerprint density at radius 1 is 0.632 bits per heavy atom. The van der Waals surface area contributed by atoms with Crippen molar-refractivity contribution in [2.45, 2.75) is 23.6 Å². The lowest BCUT2D eigenvalue weighted by Crippen LogP contribution is -2.20. The predicted molar refractivity (Wildman–Crippen MR) is 144 cm³/mol. The minimum atomic E-state index is -4.15. The topological polar surface area (TPSA) is 128 Å². The number of anilines is 2. The van der Waals surface area contributed by atoms with E-state index in [1.807, 2.05) is 0 Å². The Bertz CT molecular complexity index is 1700. The number of amides is 2. The van der Waals surface area contributed by atoms with Gasteiger partial charge < -0.3 is 19.0 Å². The van der Waals surface area contributed by atoms with Gasteiger partial charge in [-0.2, -0.15) is 16.8 Å². The Morgan fingerprint density at radius 2 is 1.21 bits per heavy atom. The highest BCUT2D eigenvalue weighted by molar-refractivity contribution is 7.87. The van der Waals surface area contributed by atoms with Crippen molar-refractivity contribution < 1.29 is 30.0 Å². The largest absolute Gasteiger partial charge is 0.379 e. The molecule has 0 bridgehead atoms. The number of carbonyl (C=O) groups is 1. The second-order valence-corrected chi connectivity index (χ2v) is 11.4. The van der Waals surface area contributed by atoms with Gasteiger partial charge >= 0.3 is 26.3 Å². The van der Waals surface area contributed by atoms with Crippen molar-refractivity contribution in [1.29, 1.82) is 0 Å². The van der Waals surface area contributed by atoms with Crippen molar-refractivity contribution in [2.24, 2.45) is 0 Å². The molecule has 0 heterocycles. The Hall–Kier alpha value is -4.35. The normalized spacial score (nSPS) is 11.4. The number of carbonyl (C=O) groups excluding carboxylic acids is 1. The molecule has 11 heteroatoms. The van der Waals surface area contributed by atoms with Crippen molar-refractivity contribution in [1.82, 2.24) is 0 Å². The summed E-state index contributed by atoms with van der Waals surface area (Å²) in [6, 6.07) is 23.7. The smallest absolute Gasteiger partial charge is 0.339 e. The zero-order valence-electron chi connectivity index (χ0n) is 20.4. The molecule has 0 atom stereocenters. The van der Waals surface area contributed by atoms with Gasteiger partial charge in [0.15, 0.2) is 5.75 Å². The minimum Gasteiger partial charge on any atom is -0.379 e. The molecule has 0 radical (unpaired) electrons. The van der Waals surface area contributed by atoms with E-state index in [1.54, 1.807) is 50.2 Å². The van der Waals surface area contributed by atoms with E-state index in [9.17, 15) is 21.6 Å². The first kappa shape index (κ1) is 26.7. The van der Waals surface area contributed by atoms with Crippen molar-refractivity contribution in [3.8, 4) is 11.5 Å². The standard InChI is InChI=1S/C27H24N2O7S2/c1-19-8-5-12-23(16-19)37(31,32)35-22-11-7-10-21(18-22)28-27(30)29-25-14-3-4-15-26(25)36-38(33,34)24-13-6-9-20(2)17-24/h3-18H,1-2H3,(H2,28,29,30). The highest BCUT2D eigenvalue weighted by Crippen LogP contribution is 2.28. The quantitative estimate of drug-likeness (QED) is 0.277. The predicted octanol–water partition coefficient (Wildman–Crippen LogP) is 5.48. The maximum absolute atomic E-state index is 12.7. The number of hydrogen-bond acceptors (Lipinski definition) is 7. The third kappa shape index (κ3) is 6.69. The van der Waals surface area contributed by atoms with Gasteiger partial charge in [-0.3, -0.25) is 0 Å². The summed E-state index contributed by atoms with van der Waals surface area (Å²) in [5, 5.41) is 5.11. The van der Waals surface area contributed by atoms with Crippen LogP contribution in [0.2, 0.25) is 0 Å². The maximum Gasteiger partial charge on any atom is 0.339 e. The van der Waals surface area contributed by atoms with Gasteiger partial charge in [-0.05, 0) is 73.5 Å². The zero-order valence-corrected chi connectivity index (χ0v) is 22.0. The molecule has 2 amide bonds. The molecule has 0 unspecified atom stereocenters. The van der Waals surface area contributed by atoms with E-state index >= 15 is 0 Å². The third-order valence-electron chi connectivity index (χ3n) is 5.19. The molecule has 0 aliphatic rings. The van der Waals surface area contributed by atoms with Gasteiger partial charge in [-0.25, -0.2) is 4.79 Å². The number of hydrogen-bond donors (Lipinski definition) is 2. The molecule has 4 aromatic rings. The zero-order chi connectivity index (χ0) is 27.3. The van der Waals surface area contributed by atoms with Crippen LogP contribution in [0.4, 0.5) is 16.2 Å². The second kappa shape index (κ2) is 11.0. The highest BCUT2D eigenvalue weighted by Gasteiger charge is 2.20. The van der Waals surface area contributed by atoms with Crippen LogP contribution in [0.1, 0.15) is 11.1 Å². The van der Waals surface area contributed by atoms with Crippen molar-refractivity contribution in [3.63, 3.8) is 0 Å². The molecule has 38 heavy (non-hydrogen) atoms. The molecular formula is C27H24N2O7S2. The van der Waals surface area contributed by atoms with E-state index < -0.39 is 26.3 Å². The fourth-order valence-electron chi connectivity index (χ4n) is 3.44. The van der Waals surface area contributed by atoms with Gasteiger partial charge in [-0.1, -0.05) is 42.5 Å². The average Bonchev–Trinajstić information content (AvgIpc) is 2.85. The number of benzene rings is 4. The lowest BCUT2D eigenvalue weighted by atomic mass is 10.2. The van der Waals surface area contributed by atoms with E-state index in [0.717, 1.165) is 11.1 Å². The number of rotatable bonds is 8. The Labute approximate surface area is 221 Å². The highest BCUT2D eigenvalue weighted by atomic mass is 32.2. The molecule has 0 aliphatic heterocycles. The molecule has 4 rings (SSSR count). The van der Waals surface area contributed by atoms with Gasteiger partial charge in [0, 0.05) is 11.8 Å². The molecule has 0 fully saturated rings. The van der Waals surface area contributed by atoms with Gasteiger partial charge in [0.25, 0.3) is 0 Å². The molecule has 0 aromatic heterocycles. The van der Waals surface area contributed by atoms with Crippen molar-refractivity contribution >= 4 is 37.6 Å². The monoisotopic (exact) mass is 552 g/mol. The summed E-state index contributed by atoms with van der Waals surface area (Å²) in [4.78, 5) is 12.7. The summed E-state index contributed by atoms with van der Waals surface area (Å²) >= 11 is 0. The van der Waals surface area contributed by atoms with E-state index in [0.29, 0.717) is 0 Å². The number of para-hydroxylation sites is 2. The van der Waals surface area contributed by atoms with Crippen LogP contribution in [0.15, 0.2) is 107 Å². The first-order valence-electron chi connectivity index (χ1n) is 11.3. The van der Waals surface area contributed by atoms with Crippen LogP contribution in [0, 0.1) is 13.8 Å². The number of nitrogens with one attached hydrogen (secondary N) is 2. The fraction of sp³-hybridized carbons (Fsp3) is 0.0741. The van der Waals surface area contributed by atoms with Crippen molar-refractivity contribution in [3.05, 3.63) is 108 Å². The summed E-state index contributed by atoms with van der Waals surface area (Å²) in [5.41, 5.74) is 1.86. The molecule has 4 aromatic carbocycles. The van der Waals surface area contributed by atoms with Crippen LogP contribution < -0.4 is 19.0 Å². The average molecular weight is 553 g/mol. The van der Waals surface area contributed by atoms with E-state index in [1.165, 1.54) is 60.7 Å².